The molecule has 0 bridgehead atoms. The maximum atomic E-state index is 6.00. The summed E-state index contributed by atoms with van der Waals surface area (Å²) in [5, 5.41) is 0. The zero-order valence-electron chi connectivity index (χ0n) is 12.3. The fourth-order valence-electron chi connectivity index (χ4n) is 2.01. The second-order valence-electron chi connectivity index (χ2n) is 4.88. The first-order chi connectivity index (χ1) is 10.1. The standard InChI is InChI=1S/C17H20BrNO2/c1-3-13(19)10-12-8-9-14(11-15(12)18)21-17-7-5-4-6-16(17)20-2/h4-9,11,13H,3,10,19H2,1-2H3. The van der Waals surface area contributed by atoms with Gasteiger partial charge in [0.15, 0.2) is 11.5 Å². The highest BCUT2D eigenvalue weighted by Gasteiger charge is 2.09. The first kappa shape index (κ1) is 15.9. The normalized spacial score (nSPS) is 12.0. The van der Waals surface area contributed by atoms with Crippen molar-refractivity contribution in [3.05, 3.63) is 52.5 Å². The van der Waals surface area contributed by atoms with E-state index in [1.54, 1.807) is 7.11 Å². The number of para-hydroxylation sites is 2. The van der Waals surface area contributed by atoms with E-state index in [2.05, 4.69) is 22.9 Å². The van der Waals surface area contributed by atoms with E-state index in [9.17, 15) is 0 Å². The van der Waals surface area contributed by atoms with Crippen LogP contribution in [-0.4, -0.2) is 13.2 Å². The molecular weight excluding hydrogens is 330 g/mol. The van der Waals surface area contributed by atoms with Crippen LogP contribution in [0.25, 0.3) is 0 Å². The average Bonchev–Trinajstić information content (AvgIpc) is 2.50. The summed E-state index contributed by atoms with van der Waals surface area (Å²) in [6.07, 6.45) is 1.82. The van der Waals surface area contributed by atoms with Crippen molar-refractivity contribution in [1.29, 1.82) is 0 Å². The first-order valence-electron chi connectivity index (χ1n) is 6.99. The summed E-state index contributed by atoms with van der Waals surface area (Å²) in [4.78, 5) is 0. The Bertz CT molecular complexity index is 601. The van der Waals surface area contributed by atoms with E-state index in [0.717, 1.165) is 23.1 Å². The molecule has 0 aliphatic heterocycles. The predicted octanol–water partition coefficient (Wildman–Crippen LogP) is 4.53. The molecule has 0 aliphatic rings. The number of nitrogens with two attached hydrogens (primary N) is 1. The van der Waals surface area contributed by atoms with Gasteiger partial charge in [-0.1, -0.05) is 41.1 Å². The molecule has 0 spiro atoms. The zero-order chi connectivity index (χ0) is 15.2. The Morgan fingerprint density at radius 3 is 2.48 bits per heavy atom. The lowest BCUT2D eigenvalue weighted by molar-refractivity contribution is 0.379. The van der Waals surface area contributed by atoms with Crippen molar-refractivity contribution in [1.82, 2.24) is 0 Å². The Morgan fingerprint density at radius 2 is 1.86 bits per heavy atom. The minimum Gasteiger partial charge on any atom is -0.493 e. The molecule has 21 heavy (non-hydrogen) atoms. The van der Waals surface area contributed by atoms with Crippen molar-refractivity contribution >= 4 is 15.9 Å². The number of ether oxygens (including phenoxy) is 2. The average molecular weight is 350 g/mol. The van der Waals surface area contributed by atoms with Gasteiger partial charge in [-0.3, -0.25) is 0 Å². The highest BCUT2D eigenvalue weighted by molar-refractivity contribution is 9.10. The Morgan fingerprint density at radius 1 is 1.14 bits per heavy atom. The van der Waals surface area contributed by atoms with Crippen LogP contribution in [0.3, 0.4) is 0 Å². The topological polar surface area (TPSA) is 44.5 Å². The van der Waals surface area contributed by atoms with Gasteiger partial charge in [0.25, 0.3) is 0 Å². The number of benzene rings is 2. The van der Waals surface area contributed by atoms with Gasteiger partial charge in [0, 0.05) is 10.5 Å². The van der Waals surface area contributed by atoms with E-state index in [-0.39, 0.29) is 6.04 Å². The molecule has 0 radical (unpaired) electrons. The number of halogens is 1. The lowest BCUT2D eigenvalue weighted by atomic mass is 10.0. The highest BCUT2D eigenvalue weighted by Crippen LogP contribution is 2.33. The minimum atomic E-state index is 0.183. The van der Waals surface area contributed by atoms with Gasteiger partial charge in [-0.2, -0.15) is 0 Å². The van der Waals surface area contributed by atoms with Crippen LogP contribution < -0.4 is 15.2 Å². The number of hydrogen-bond acceptors (Lipinski definition) is 3. The third kappa shape index (κ3) is 4.22. The molecule has 0 saturated carbocycles. The summed E-state index contributed by atoms with van der Waals surface area (Å²) in [5.41, 5.74) is 7.20. The summed E-state index contributed by atoms with van der Waals surface area (Å²) in [7, 11) is 1.63. The van der Waals surface area contributed by atoms with E-state index >= 15 is 0 Å². The molecule has 3 nitrogen and oxygen atoms in total. The molecule has 2 aromatic carbocycles. The van der Waals surface area contributed by atoms with E-state index < -0.39 is 0 Å². The second kappa shape index (κ2) is 7.48. The highest BCUT2D eigenvalue weighted by atomic mass is 79.9. The third-order valence-electron chi connectivity index (χ3n) is 3.33. The van der Waals surface area contributed by atoms with Crippen molar-refractivity contribution in [2.45, 2.75) is 25.8 Å². The van der Waals surface area contributed by atoms with Gasteiger partial charge in [0.1, 0.15) is 5.75 Å². The van der Waals surface area contributed by atoms with E-state index in [1.165, 1.54) is 5.56 Å². The lowest BCUT2D eigenvalue weighted by Crippen LogP contribution is -2.21. The van der Waals surface area contributed by atoms with Crippen molar-refractivity contribution < 1.29 is 9.47 Å². The van der Waals surface area contributed by atoms with Gasteiger partial charge in [-0.15, -0.1) is 0 Å². The summed E-state index contributed by atoms with van der Waals surface area (Å²) < 4.78 is 12.2. The maximum Gasteiger partial charge on any atom is 0.169 e. The smallest absolute Gasteiger partial charge is 0.169 e. The van der Waals surface area contributed by atoms with E-state index in [0.29, 0.717) is 11.5 Å². The van der Waals surface area contributed by atoms with Crippen LogP contribution >= 0.6 is 15.9 Å². The Hall–Kier alpha value is -1.52. The van der Waals surface area contributed by atoms with Crippen LogP contribution in [0.15, 0.2) is 46.9 Å². The number of hydrogen-bond donors (Lipinski definition) is 1. The summed E-state index contributed by atoms with van der Waals surface area (Å²) >= 11 is 3.59. The SMILES string of the molecule is CCC(N)Cc1ccc(Oc2ccccc2OC)cc1Br. The maximum absolute atomic E-state index is 6.00. The molecule has 0 aromatic heterocycles. The fraction of sp³-hybridized carbons (Fsp3) is 0.294. The molecule has 1 atom stereocenters. The van der Waals surface area contributed by atoms with Crippen molar-refractivity contribution in [3.63, 3.8) is 0 Å². The minimum absolute atomic E-state index is 0.183. The van der Waals surface area contributed by atoms with Crippen LogP contribution in [-0.2, 0) is 6.42 Å². The largest absolute Gasteiger partial charge is 0.493 e. The van der Waals surface area contributed by atoms with Crippen LogP contribution in [0, 0.1) is 0 Å². The molecule has 2 aromatic rings. The molecule has 0 amide bonds. The predicted molar refractivity (Wildman–Crippen MR) is 89.2 cm³/mol. The Kier molecular flexibility index (Phi) is 5.65. The van der Waals surface area contributed by atoms with Gasteiger partial charge >= 0.3 is 0 Å². The summed E-state index contributed by atoms with van der Waals surface area (Å²) in [6.45, 7) is 2.09. The molecule has 0 heterocycles. The van der Waals surface area contributed by atoms with Gasteiger partial charge < -0.3 is 15.2 Å². The van der Waals surface area contributed by atoms with Crippen LogP contribution in [0.4, 0.5) is 0 Å². The first-order valence-corrected chi connectivity index (χ1v) is 7.78. The van der Waals surface area contributed by atoms with Crippen molar-refractivity contribution in [2.75, 3.05) is 7.11 Å². The number of methoxy groups -OCH3 is 1. The molecule has 112 valence electrons. The number of rotatable bonds is 6. The van der Waals surface area contributed by atoms with Gasteiger partial charge in [0.2, 0.25) is 0 Å². The third-order valence-corrected chi connectivity index (χ3v) is 4.07. The van der Waals surface area contributed by atoms with Crippen LogP contribution in [0.1, 0.15) is 18.9 Å². The van der Waals surface area contributed by atoms with E-state index in [1.807, 2.05) is 42.5 Å². The molecule has 0 saturated heterocycles. The van der Waals surface area contributed by atoms with Gasteiger partial charge in [-0.25, -0.2) is 0 Å². The van der Waals surface area contributed by atoms with Crippen molar-refractivity contribution in [2.24, 2.45) is 5.73 Å². The van der Waals surface area contributed by atoms with Crippen LogP contribution in [0.5, 0.6) is 17.2 Å². The monoisotopic (exact) mass is 349 g/mol. The van der Waals surface area contributed by atoms with Gasteiger partial charge in [-0.05, 0) is 42.7 Å². The van der Waals surface area contributed by atoms with E-state index in [4.69, 9.17) is 15.2 Å². The zero-order valence-corrected chi connectivity index (χ0v) is 13.9. The Labute approximate surface area is 134 Å². The van der Waals surface area contributed by atoms with Crippen molar-refractivity contribution in [3.8, 4) is 17.2 Å². The molecule has 2 rings (SSSR count). The molecule has 2 N–H and O–H groups in total. The molecule has 4 heteroatoms. The second-order valence-corrected chi connectivity index (χ2v) is 5.73. The fourth-order valence-corrected chi connectivity index (χ4v) is 2.53. The summed E-state index contributed by atoms with van der Waals surface area (Å²) in [6, 6.07) is 13.7. The lowest BCUT2D eigenvalue weighted by Gasteiger charge is -2.13. The quantitative estimate of drug-likeness (QED) is 0.833. The molecule has 0 fully saturated rings. The Balaban J connectivity index is 2.16. The van der Waals surface area contributed by atoms with Gasteiger partial charge in [0.05, 0.1) is 7.11 Å². The summed E-state index contributed by atoms with van der Waals surface area (Å²) in [5.74, 6) is 2.18. The molecular formula is C17H20BrNO2. The molecule has 0 aliphatic carbocycles. The molecule has 1 unspecified atom stereocenters. The van der Waals surface area contributed by atoms with Crippen LogP contribution in [0.2, 0.25) is 0 Å².